The molecule has 2 aromatic heterocycles. The summed E-state index contributed by atoms with van der Waals surface area (Å²) < 4.78 is 7.35. The van der Waals surface area contributed by atoms with Crippen LogP contribution in [-0.2, 0) is 6.54 Å². The molecule has 3 aromatic rings. The Bertz CT molecular complexity index is 801. The molecule has 0 spiro atoms. The number of nitrogens with zero attached hydrogens (tertiary/aromatic N) is 4. The Morgan fingerprint density at radius 3 is 2.35 bits per heavy atom. The molecule has 140 valence electrons. The Morgan fingerprint density at radius 2 is 1.73 bits per heavy atom. The van der Waals surface area contributed by atoms with Crippen LogP contribution in [0.25, 0.3) is 16.3 Å². The van der Waals surface area contributed by atoms with Crippen molar-refractivity contribution in [3.63, 3.8) is 0 Å². The SMILES string of the molecule is CCCCN(CCCC)Cc1cn2c(-c3ccc(OC)cc3)nnc2s1. The Balaban J connectivity index is 1.79. The van der Waals surface area contributed by atoms with Crippen LogP contribution in [-0.4, -0.2) is 39.7 Å². The maximum absolute atomic E-state index is 5.24. The molecule has 0 aliphatic rings. The lowest BCUT2D eigenvalue weighted by Gasteiger charge is -2.20. The molecule has 0 aliphatic heterocycles. The number of benzene rings is 1. The minimum Gasteiger partial charge on any atom is -0.497 e. The van der Waals surface area contributed by atoms with Crippen LogP contribution in [0.15, 0.2) is 30.5 Å². The molecule has 0 saturated heterocycles. The van der Waals surface area contributed by atoms with E-state index in [2.05, 4.69) is 39.5 Å². The first-order chi connectivity index (χ1) is 12.7. The molecule has 0 amide bonds. The van der Waals surface area contributed by atoms with Crippen LogP contribution in [0, 0.1) is 0 Å². The van der Waals surface area contributed by atoms with E-state index in [4.69, 9.17) is 4.74 Å². The topological polar surface area (TPSA) is 42.7 Å². The van der Waals surface area contributed by atoms with E-state index in [1.165, 1.54) is 43.6 Å². The Kier molecular flexibility index (Phi) is 6.63. The fourth-order valence-electron chi connectivity index (χ4n) is 3.01. The zero-order valence-corrected chi connectivity index (χ0v) is 16.8. The highest BCUT2D eigenvalue weighted by Gasteiger charge is 2.14. The highest BCUT2D eigenvalue weighted by molar-refractivity contribution is 7.17. The van der Waals surface area contributed by atoms with Crippen molar-refractivity contribution in [2.75, 3.05) is 20.2 Å². The first kappa shape index (κ1) is 18.9. The van der Waals surface area contributed by atoms with E-state index in [9.17, 15) is 0 Å². The maximum atomic E-state index is 5.24. The number of thiazole rings is 1. The van der Waals surface area contributed by atoms with Crippen molar-refractivity contribution >= 4 is 16.3 Å². The molecule has 0 fully saturated rings. The number of hydrogen-bond acceptors (Lipinski definition) is 5. The van der Waals surface area contributed by atoms with Crippen molar-refractivity contribution in [2.24, 2.45) is 0 Å². The molecule has 26 heavy (non-hydrogen) atoms. The molecule has 1 aromatic carbocycles. The van der Waals surface area contributed by atoms with Gasteiger partial charge < -0.3 is 4.74 Å². The fraction of sp³-hybridized carbons (Fsp3) is 0.500. The summed E-state index contributed by atoms with van der Waals surface area (Å²) in [5.41, 5.74) is 1.05. The number of ether oxygens (including phenoxy) is 1. The zero-order chi connectivity index (χ0) is 18.4. The highest BCUT2D eigenvalue weighted by atomic mass is 32.1. The molecule has 0 atom stereocenters. The summed E-state index contributed by atoms with van der Waals surface area (Å²) in [6, 6.07) is 7.98. The molecule has 0 bridgehead atoms. The van der Waals surface area contributed by atoms with Crippen molar-refractivity contribution < 1.29 is 4.74 Å². The minimum atomic E-state index is 0.850. The van der Waals surface area contributed by atoms with E-state index >= 15 is 0 Å². The van der Waals surface area contributed by atoms with Gasteiger partial charge >= 0.3 is 0 Å². The highest BCUT2D eigenvalue weighted by Crippen LogP contribution is 2.26. The van der Waals surface area contributed by atoms with Gasteiger partial charge in [0.25, 0.3) is 0 Å². The Hall–Kier alpha value is -1.92. The molecule has 6 heteroatoms. The van der Waals surface area contributed by atoms with Gasteiger partial charge in [0, 0.05) is 23.2 Å². The smallest absolute Gasteiger partial charge is 0.216 e. The number of rotatable bonds is 10. The third-order valence-corrected chi connectivity index (χ3v) is 5.50. The third-order valence-electron chi connectivity index (χ3n) is 4.54. The van der Waals surface area contributed by atoms with E-state index in [-0.39, 0.29) is 0 Å². The van der Waals surface area contributed by atoms with Gasteiger partial charge in [0.1, 0.15) is 5.75 Å². The first-order valence-electron chi connectivity index (χ1n) is 9.45. The van der Waals surface area contributed by atoms with Crippen molar-refractivity contribution in [2.45, 2.75) is 46.1 Å². The molecular weight excluding hydrogens is 344 g/mol. The number of methoxy groups -OCH3 is 1. The maximum Gasteiger partial charge on any atom is 0.216 e. The normalized spacial score (nSPS) is 11.5. The van der Waals surface area contributed by atoms with Gasteiger partial charge in [0.2, 0.25) is 4.96 Å². The second-order valence-electron chi connectivity index (χ2n) is 6.59. The summed E-state index contributed by atoms with van der Waals surface area (Å²) in [7, 11) is 1.68. The van der Waals surface area contributed by atoms with Gasteiger partial charge in [-0.1, -0.05) is 38.0 Å². The van der Waals surface area contributed by atoms with Gasteiger partial charge in [-0.25, -0.2) is 0 Å². The van der Waals surface area contributed by atoms with Crippen molar-refractivity contribution in [1.82, 2.24) is 19.5 Å². The van der Waals surface area contributed by atoms with Crippen LogP contribution in [0.4, 0.5) is 0 Å². The minimum absolute atomic E-state index is 0.850. The molecule has 0 aliphatic carbocycles. The van der Waals surface area contributed by atoms with Crippen LogP contribution >= 0.6 is 11.3 Å². The van der Waals surface area contributed by atoms with E-state index in [1.807, 2.05) is 24.3 Å². The standard InChI is InChI=1S/C20H28N4OS/c1-4-6-12-23(13-7-5-2)14-18-15-24-19(21-22-20(24)26-18)16-8-10-17(25-3)11-9-16/h8-11,15H,4-7,12-14H2,1-3H3. The molecule has 0 saturated carbocycles. The molecule has 0 N–H and O–H groups in total. The van der Waals surface area contributed by atoms with Crippen LogP contribution in [0.5, 0.6) is 5.75 Å². The van der Waals surface area contributed by atoms with Crippen molar-refractivity contribution in [1.29, 1.82) is 0 Å². The number of hydrogen-bond donors (Lipinski definition) is 0. The average Bonchev–Trinajstić information content (AvgIpc) is 3.24. The molecular formula is C20H28N4OS. The average molecular weight is 373 g/mol. The fourth-order valence-corrected chi connectivity index (χ4v) is 3.97. The van der Waals surface area contributed by atoms with Crippen LogP contribution < -0.4 is 4.74 Å². The Labute approximate surface area is 159 Å². The lowest BCUT2D eigenvalue weighted by atomic mass is 10.2. The summed E-state index contributed by atoms with van der Waals surface area (Å²) in [4.78, 5) is 4.87. The van der Waals surface area contributed by atoms with Gasteiger partial charge in [-0.3, -0.25) is 9.30 Å². The Morgan fingerprint density at radius 1 is 1.04 bits per heavy atom. The molecule has 3 rings (SSSR count). The summed E-state index contributed by atoms with van der Waals surface area (Å²) in [5.74, 6) is 1.74. The number of unbranched alkanes of at least 4 members (excludes halogenated alkanes) is 2. The van der Waals surface area contributed by atoms with Crippen molar-refractivity contribution in [3.05, 3.63) is 35.3 Å². The van der Waals surface area contributed by atoms with E-state index in [1.54, 1.807) is 18.4 Å². The van der Waals surface area contributed by atoms with E-state index in [0.717, 1.165) is 28.6 Å². The van der Waals surface area contributed by atoms with Crippen LogP contribution in [0.2, 0.25) is 0 Å². The van der Waals surface area contributed by atoms with E-state index in [0.29, 0.717) is 0 Å². The number of aromatic nitrogens is 3. The van der Waals surface area contributed by atoms with Gasteiger partial charge in [0.15, 0.2) is 5.82 Å². The van der Waals surface area contributed by atoms with Crippen LogP contribution in [0.1, 0.15) is 44.4 Å². The monoisotopic (exact) mass is 372 g/mol. The molecule has 5 nitrogen and oxygen atoms in total. The largest absolute Gasteiger partial charge is 0.497 e. The summed E-state index contributed by atoms with van der Waals surface area (Å²) in [5, 5.41) is 8.74. The second-order valence-corrected chi connectivity index (χ2v) is 7.68. The molecule has 0 radical (unpaired) electrons. The van der Waals surface area contributed by atoms with Crippen molar-refractivity contribution in [3.8, 4) is 17.1 Å². The third kappa shape index (κ3) is 4.43. The van der Waals surface area contributed by atoms with E-state index < -0.39 is 0 Å². The van der Waals surface area contributed by atoms with Gasteiger partial charge in [0.05, 0.1) is 7.11 Å². The molecule has 2 heterocycles. The van der Waals surface area contributed by atoms with Gasteiger partial charge in [-0.2, -0.15) is 0 Å². The van der Waals surface area contributed by atoms with Crippen LogP contribution in [0.3, 0.4) is 0 Å². The second kappa shape index (κ2) is 9.14. The summed E-state index contributed by atoms with van der Waals surface area (Å²) in [6.07, 6.45) is 7.18. The van der Waals surface area contributed by atoms with Gasteiger partial charge in [-0.15, -0.1) is 10.2 Å². The molecule has 0 unspecified atom stereocenters. The lowest BCUT2D eigenvalue weighted by molar-refractivity contribution is 0.259. The predicted octanol–water partition coefficient (Wildman–Crippen LogP) is 4.87. The quantitative estimate of drug-likeness (QED) is 0.509. The first-order valence-corrected chi connectivity index (χ1v) is 10.3. The predicted molar refractivity (Wildman–Crippen MR) is 108 cm³/mol. The zero-order valence-electron chi connectivity index (χ0n) is 15.9. The lowest BCUT2D eigenvalue weighted by Crippen LogP contribution is -2.25. The summed E-state index contributed by atoms with van der Waals surface area (Å²) in [6.45, 7) is 7.84. The van der Waals surface area contributed by atoms with Gasteiger partial charge in [-0.05, 0) is 50.2 Å². The number of fused-ring (bicyclic) bond motifs is 1. The summed E-state index contributed by atoms with van der Waals surface area (Å²) >= 11 is 1.74.